The van der Waals surface area contributed by atoms with Crippen LogP contribution in [0.25, 0.3) is 0 Å². The van der Waals surface area contributed by atoms with Crippen molar-refractivity contribution in [1.82, 2.24) is 15.3 Å². The molecule has 0 fully saturated rings. The third kappa shape index (κ3) is 5.80. The van der Waals surface area contributed by atoms with Gasteiger partial charge >= 0.3 is 0 Å². The van der Waals surface area contributed by atoms with Crippen molar-refractivity contribution < 1.29 is 23.1 Å². The summed E-state index contributed by atoms with van der Waals surface area (Å²) >= 11 is 5.85. The molecule has 27 heavy (non-hydrogen) atoms. The number of carbonyl (C=O) groups is 1. The van der Waals surface area contributed by atoms with Gasteiger partial charge in [-0.1, -0.05) is 11.6 Å². The zero-order valence-electron chi connectivity index (χ0n) is 14.5. The van der Waals surface area contributed by atoms with Crippen LogP contribution in [0.3, 0.4) is 0 Å². The van der Waals surface area contributed by atoms with Crippen LogP contribution in [0.1, 0.15) is 36.2 Å². The summed E-state index contributed by atoms with van der Waals surface area (Å²) in [7, 11) is 0. The van der Waals surface area contributed by atoms with E-state index in [1.54, 1.807) is 0 Å². The SMILES string of the molecule is CC(C)(O)[C@H](F)CNC(=O)c1cnc(Cl)cc1Nc1cncc(C(F)F)c1. The van der Waals surface area contributed by atoms with Crippen LogP contribution in [-0.2, 0) is 0 Å². The monoisotopic (exact) mass is 402 g/mol. The number of anilines is 2. The summed E-state index contributed by atoms with van der Waals surface area (Å²) in [5.41, 5.74) is -1.50. The third-order valence-electron chi connectivity index (χ3n) is 3.61. The number of alkyl halides is 3. The van der Waals surface area contributed by atoms with E-state index in [9.17, 15) is 23.1 Å². The molecule has 146 valence electrons. The van der Waals surface area contributed by atoms with Crippen LogP contribution in [0.15, 0.2) is 30.7 Å². The molecule has 0 aliphatic rings. The van der Waals surface area contributed by atoms with Crippen molar-refractivity contribution >= 4 is 28.9 Å². The van der Waals surface area contributed by atoms with E-state index in [0.29, 0.717) is 0 Å². The van der Waals surface area contributed by atoms with Gasteiger partial charge in [0.05, 0.1) is 35.3 Å². The van der Waals surface area contributed by atoms with E-state index >= 15 is 0 Å². The van der Waals surface area contributed by atoms with Crippen molar-refractivity contribution in [2.24, 2.45) is 0 Å². The van der Waals surface area contributed by atoms with Crippen molar-refractivity contribution in [3.63, 3.8) is 0 Å². The molecular weight excluding hydrogens is 385 g/mol. The molecule has 0 spiro atoms. The molecule has 10 heteroatoms. The number of aliphatic hydroxyl groups is 1. The Bertz CT molecular complexity index is 815. The van der Waals surface area contributed by atoms with E-state index < -0.39 is 30.7 Å². The molecule has 0 saturated heterocycles. The number of rotatable bonds is 7. The second kappa shape index (κ2) is 8.53. The lowest BCUT2D eigenvalue weighted by Crippen LogP contribution is -2.42. The zero-order chi connectivity index (χ0) is 20.2. The number of hydrogen-bond donors (Lipinski definition) is 3. The molecule has 0 aliphatic carbocycles. The Morgan fingerprint density at radius 1 is 1.26 bits per heavy atom. The average molecular weight is 403 g/mol. The van der Waals surface area contributed by atoms with Gasteiger partial charge in [0.2, 0.25) is 0 Å². The number of halogens is 4. The highest BCUT2D eigenvalue weighted by Gasteiger charge is 2.27. The second-order valence-electron chi connectivity index (χ2n) is 6.32. The van der Waals surface area contributed by atoms with Gasteiger partial charge in [0.15, 0.2) is 0 Å². The first-order chi connectivity index (χ1) is 12.6. The van der Waals surface area contributed by atoms with Crippen LogP contribution in [0.4, 0.5) is 24.5 Å². The number of aromatic nitrogens is 2. The van der Waals surface area contributed by atoms with Crippen molar-refractivity contribution in [3.8, 4) is 0 Å². The summed E-state index contributed by atoms with van der Waals surface area (Å²) in [4.78, 5) is 19.9. The Balaban J connectivity index is 2.21. The molecule has 2 aromatic rings. The van der Waals surface area contributed by atoms with Crippen LogP contribution in [-0.4, -0.2) is 39.3 Å². The fourth-order valence-electron chi connectivity index (χ4n) is 2.04. The predicted octanol–water partition coefficient (Wildman–Crippen LogP) is 3.65. The van der Waals surface area contributed by atoms with Gasteiger partial charge in [-0.25, -0.2) is 18.2 Å². The lowest BCUT2D eigenvalue weighted by atomic mass is 10.0. The largest absolute Gasteiger partial charge is 0.387 e. The first-order valence-electron chi connectivity index (χ1n) is 7.88. The molecule has 6 nitrogen and oxygen atoms in total. The maximum Gasteiger partial charge on any atom is 0.265 e. The minimum absolute atomic E-state index is 0.0183. The van der Waals surface area contributed by atoms with E-state index in [-0.39, 0.29) is 27.7 Å². The van der Waals surface area contributed by atoms with Crippen LogP contribution in [0.5, 0.6) is 0 Å². The van der Waals surface area contributed by atoms with Crippen molar-refractivity contribution in [2.45, 2.75) is 32.0 Å². The highest BCUT2D eigenvalue weighted by Crippen LogP contribution is 2.26. The normalized spacial score (nSPS) is 12.7. The molecule has 0 aromatic carbocycles. The standard InChI is InChI=1S/C17H18ClF3N4O2/c1-17(2,27)13(19)8-24-16(26)11-7-23-14(18)4-12(11)25-10-3-9(15(20)21)5-22-6-10/h3-7,13,15,27H,8H2,1-2H3,(H,23,25)(H,24,26)/t13-/m1/s1. The lowest BCUT2D eigenvalue weighted by molar-refractivity contribution is -0.00177. The predicted molar refractivity (Wildman–Crippen MR) is 95.3 cm³/mol. The number of nitrogens with one attached hydrogen (secondary N) is 2. The molecule has 2 aromatic heterocycles. The Hall–Kier alpha value is -2.39. The summed E-state index contributed by atoms with van der Waals surface area (Å²) in [5, 5.41) is 14.8. The summed E-state index contributed by atoms with van der Waals surface area (Å²) in [6, 6.07) is 2.51. The van der Waals surface area contributed by atoms with Crippen LogP contribution >= 0.6 is 11.6 Å². The van der Waals surface area contributed by atoms with Gasteiger partial charge < -0.3 is 15.7 Å². The van der Waals surface area contributed by atoms with Crippen LogP contribution in [0, 0.1) is 0 Å². The van der Waals surface area contributed by atoms with E-state index in [2.05, 4.69) is 20.6 Å². The van der Waals surface area contributed by atoms with E-state index in [1.165, 1.54) is 38.4 Å². The fourth-order valence-corrected chi connectivity index (χ4v) is 2.20. The van der Waals surface area contributed by atoms with E-state index in [4.69, 9.17) is 11.6 Å². The molecule has 0 unspecified atom stereocenters. The summed E-state index contributed by atoms with van der Waals surface area (Å²) in [6.45, 7) is 2.14. The number of hydrogen-bond acceptors (Lipinski definition) is 5. The first-order valence-corrected chi connectivity index (χ1v) is 8.26. The minimum Gasteiger partial charge on any atom is -0.387 e. The number of nitrogens with zero attached hydrogens (tertiary/aromatic N) is 2. The third-order valence-corrected chi connectivity index (χ3v) is 3.82. The molecule has 1 atom stereocenters. The van der Waals surface area contributed by atoms with Gasteiger partial charge in [0.25, 0.3) is 12.3 Å². The summed E-state index contributed by atoms with van der Waals surface area (Å²) in [6.07, 6.45) is -0.896. The van der Waals surface area contributed by atoms with Gasteiger partial charge in [-0.3, -0.25) is 9.78 Å². The molecule has 0 aliphatic heterocycles. The highest BCUT2D eigenvalue weighted by molar-refractivity contribution is 6.29. The van der Waals surface area contributed by atoms with Gasteiger partial charge in [-0.2, -0.15) is 0 Å². The van der Waals surface area contributed by atoms with Gasteiger partial charge in [-0.05, 0) is 26.0 Å². The Labute approximate surface area is 158 Å². The van der Waals surface area contributed by atoms with Gasteiger partial charge in [0.1, 0.15) is 11.3 Å². The average Bonchev–Trinajstić information content (AvgIpc) is 2.58. The van der Waals surface area contributed by atoms with Crippen LogP contribution in [0.2, 0.25) is 5.15 Å². The molecule has 0 radical (unpaired) electrons. The quantitative estimate of drug-likeness (QED) is 0.615. The molecule has 2 rings (SSSR count). The number of amides is 1. The topological polar surface area (TPSA) is 87.1 Å². The molecule has 0 bridgehead atoms. The number of carbonyl (C=O) groups excluding carboxylic acids is 1. The molecular formula is C17H18ClF3N4O2. The number of pyridine rings is 2. The van der Waals surface area contributed by atoms with Crippen LogP contribution < -0.4 is 10.6 Å². The van der Waals surface area contributed by atoms with Crippen molar-refractivity contribution in [1.29, 1.82) is 0 Å². The van der Waals surface area contributed by atoms with Gasteiger partial charge in [-0.15, -0.1) is 0 Å². The molecule has 1 amide bonds. The molecule has 2 heterocycles. The van der Waals surface area contributed by atoms with Gasteiger partial charge in [0, 0.05) is 18.0 Å². The lowest BCUT2D eigenvalue weighted by Gasteiger charge is -2.22. The van der Waals surface area contributed by atoms with E-state index in [1.807, 2.05) is 0 Å². The molecule has 3 N–H and O–H groups in total. The Morgan fingerprint density at radius 2 is 1.96 bits per heavy atom. The van der Waals surface area contributed by atoms with Crippen molar-refractivity contribution in [3.05, 3.63) is 47.0 Å². The zero-order valence-corrected chi connectivity index (χ0v) is 15.3. The maximum absolute atomic E-state index is 13.8. The van der Waals surface area contributed by atoms with Crippen molar-refractivity contribution in [2.75, 3.05) is 11.9 Å². The highest BCUT2D eigenvalue weighted by atomic mass is 35.5. The minimum atomic E-state index is -2.70. The Kier molecular flexibility index (Phi) is 6.61. The summed E-state index contributed by atoms with van der Waals surface area (Å²) < 4.78 is 39.4. The first kappa shape index (κ1) is 20.9. The smallest absolute Gasteiger partial charge is 0.265 e. The Morgan fingerprint density at radius 3 is 2.59 bits per heavy atom. The van der Waals surface area contributed by atoms with E-state index in [0.717, 1.165) is 6.20 Å². The maximum atomic E-state index is 13.8. The second-order valence-corrected chi connectivity index (χ2v) is 6.70. The summed E-state index contributed by atoms with van der Waals surface area (Å²) in [5.74, 6) is -0.674. The fraction of sp³-hybridized carbons (Fsp3) is 0.353. The molecule has 0 saturated carbocycles.